The minimum Gasteiger partial charge on any atom is -0.480 e. The highest BCUT2D eigenvalue weighted by Crippen LogP contribution is 2.20. The molecule has 0 aromatic heterocycles. The Bertz CT molecular complexity index is 617. The molecule has 2 rings (SSSR count). The highest BCUT2D eigenvalue weighted by atomic mass is 35.5. The fourth-order valence-electron chi connectivity index (χ4n) is 2.01. The molecular formula is C16H15Cl2NO2. The maximum atomic E-state index is 11.4. The number of hydrogen-bond donors (Lipinski definition) is 2. The Balaban J connectivity index is 2.03. The molecule has 1 unspecified atom stereocenters. The van der Waals surface area contributed by atoms with E-state index in [1.807, 2.05) is 30.3 Å². The zero-order chi connectivity index (χ0) is 15.2. The number of nitrogens with one attached hydrogen (secondary N) is 1. The van der Waals surface area contributed by atoms with Crippen LogP contribution in [0.2, 0.25) is 10.0 Å². The SMILES string of the molecule is O=C(O)C(Cc1ccccc1)NCc1cc(Cl)ccc1Cl. The van der Waals surface area contributed by atoms with Gasteiger partial charge in [-0.15, -0.1) is 0 Å². The lowest BCUT2D eigenvalue weighted by Gasteiger charge is -2.15. The maximum absolute atomic E-state index is 11.4. The van der Waals surface area contributed by atoms with Crippen LogP contribution in [-0.2, 0) is 17.8 Å². The molecule has 110 valence electrons. The van der Waals surface area contributed by atoms with Gasteiger partial charge in [-0.05, 0) is 35.7 Å². The second kappa shape index (κ2) is 7.46. The molecule has 0 radical (unpaired) electrons. The van der Waals surface area contributed by atoms with E-state index in [-0.39, 0.29) is 0 Å². The third kappa shape index (κ3) is 4.74. The number of carboxylic acids is 1. The summed E-state index contributed by atoms with van der Waals surface area (Å²) in [5.74, 6) is -0.892. The molecule has 3 nitrogen and oxygen atoms in total. The van der Waals surface area contributed by atoms with Crippen LogP contribution in [0.3, 0.4) is 0 Å². The lowest BCUT2D eigenvalue weighted by atomic mass is 10.1. The van der Waals surface area contributed by atoms with E-state index in [0.29, 0.717) is 23.0 Å². The van der Waals surface area contributed by atoms with Gasteiger partial charge in [-0.1, -0.05) is 53.5 Å². The van der Waals surface area contributed by atoms with Crippen molar-refractivity contribution in [3.05, 3.63) is 69.7 Å². The van der Waals surface area contributed by atoms with Gasteiger partial charge in [-0.3, -0.25) is 10.1 Å². The Morgan fingerprint density at radius 2 is 1.86 bits per heavy atom. The smallest absolute Gasteiger partial charge is 0.321 e. The first-order chi connectivity index (χ1) is 10.1. The fraction of sp³-hybridized carbons (Fsp3) is 0.188. The van der Waals surface area contributed by atoms with Gasteiger partial charge in [0, 0.05) is 16.6 Å². The number of rotatable bonds is 6. The first kappa shape index (κ1) is 15.8. The van der Waals surface area contributed by atoms with Gasteiger partial charge >= 0.3 is 5.97 Å². The molecule has 0 heterocycles. The third-order valence-electron chi connectivity index (χ3n) is 3.13. The van der Waals surface area contributed by atoms with Crippen LogP contribution in [0.25, 0.3) is 0 Å². The number of carbonyl (C=O) groups is 1. The van der Waals surface area contributed by atoms with E-state index >= 15 is 0 Å². The minimum atomic E-state index is -0.892. The van der Waals surface area contributed by atoms with Crippen molar-refractivity contribution in [2.24, 2.45) is 0 Å². The second-order valence-corrected chi connectivity index (χ2v) is 5.54. The lowest BCUT2D eigenvalue weighted by molar-refractivity contribution is -0.139. The first-order valence-corrected chi connectivity index (χ1v) is 7.26. The zero-order valence-corrected chi connectivity index (χ0v) is 12.7. The summed E-state index contributed by atoms with van der Waals surface area (Å²) in [6.45, 7) is 0.350. The van der Waals surface area contributed by atoms with E-state index in [0.717, 1.165) is 11.1 Å². The Hall–Kier alpha value is -1.55. The molecule has 0 fully saturated rings. The van der Waals surface area contributed by atoms with Crippen molar-refractivity contribution in [3.63, 3.8) is 0 Å². The fourth-order valence-corrected chi connectivity index (χ4v) is 2.39. The van der Waals surface area contributed by atoms with Crippen LogP contribution in [0.4, 0.5) is 0 Å². The maximum Gasteiger partial charge on any atom is 0.321 e. The van der Waals surface area contributed by atoms with Crippen LogP contribution in [0.5, 0.6) is 0 Å². The predicted octanol–water partition coefficient (Wildman–Crippen LogP) is 3.78. The standard InChI is InChI=1S/C16H15Cl2NO2/c17-13-6-7-14(18)12(9-13)10-19-15(16(20)21)8-11-4-2-1-3-5-11/h1-7,9,15,19H,8,10H2,(H,20,21). The highest BCUT2D eigenvalue weighted by molar-refractivity contribution is 6.33. The molecule has 21 heavy (non-hydrogen) atoms. The number of hydrogen-bond acceptors (Lipinski definition) is 2. The highest BCUT2D eigenvalue weighted by Gasteiger charge is 2.17. The molecule has 2 aromatic carbocycles. The Morgan fingerprint density at radius 3 is 2.52 bits per heavy atom. The van der Waals surface area contributed by atoms with Crippen LogP contribution in [0, 0.1) is 0 Å². The van der Waals surface area contributed by atoms with E-state index < -0.39 is 12.0 Å². The largest absolute Gasteiger partial charge is 0.480 e. The van der Waals surface area contributed by atoms with Gasteiger partial charge in [-0.2, -0.15) is 0 Å². The average molecular weight is 324 g/mol. The molecule has 0 aliphatic rings. The van der Waals surface area contributed by atoms with Crippen molar-refractivity contribution in [1.82, 2.24) is 5.32 Å². The minimum absolute atomic E-state index is 0.350. The Morgan fingerprint density at radius 1 is 1.14 bits per heavy atom. The quantitative estimate of drug-likeness (QED) is 0.850. The van der Waals surface area contributed by atoms with Crippen LogP contribution >= 0.6 is 23.2 Å². The summed E-state index contributed by atoms with van der Waals surface area (Å²) in [6.07, 6.45) is 0.411. The van der Waals surface area contributed by atoms with E-state index in [1.165, 1.54) is 0 Å². The summed E-state index contributed by atoms with van der Waals surface area (Å²) in [5.41, 5.74) is 1.75. The molecular weight excluding hydrogens is 309 g/mol. The van der Waals surface area contributed by atoms with Crippen molar-refractivity contribution in [3.8, 4) is 0 Å². The predicted molar refractivity (Wildman–Crippen MR) is 84.9 cm³/mol. The molecule has 0 aliphatic heterocycles. The molecule has 2 aromatic rings. The van der Waals surface area contributed by atoms with Crippen LogP contribution in [0.1, 0.15) is 11.1 Å². The van der Waals surface area contributed by atoms with Crippen molar-refractivity contribution < 1.29 is 9.90 Å². The van der Waals surface area contributed by atoms with Crippen molar-refractivity contribution in [2.45, 2.75) is 19.0 Å². The van der Waals surface area contributed by atoms with Gasteiger partial charge in [0.05, 0.1) is 0 Å². The summed E-state index contributed by atoms with van der Waals surface area (Å²) in [5, 5.41) is 13.5. The second-order valence-electron chi connectivity index (χ2n) is 4.70. The molecule has 2 N–H and O–H groups in total. The normalized spacial score (nSPS) is 12.1. The number of aliphatic carboxylic acids is 1. The van der Waals surface area contributed by atoms with Gasteiger partial charge < -0.3 is 5.11 Å². The van der Waals surface area contributed by atoms with Crippen LogP contribution in [-0.4, -0.2) is 17.1 Å². The van der Waals surface area contributed by atoms with E-state index in [4.69, 9.17) is 23.2 Å². The van der Waals surface area contributed by atoms with Gasteiger partial charge in [0.15, 0.2) is 0 Å². The molecule has 5 heteroatoms. The van der Waals surface area contributed by atoms with Crippen molar-refractivity contribution >= 4 is 29.2 Å². The molecule has 0 saturated carbocycles. The van der Waals surface area contributed by atoms with Crippen LogP contribution < -0.4 is 5.32 Å². The molecule has 0 amide bonds. The number of benzene rings is 2. The van der Waals surface area contributed by atoms with Crippen molar-refractivity contribution in [2.75, 3.05) is 0 Å². The zero-order valence-electron chi connectivity index (χ0n) is 11.2. The van der Waals surface area contributed by atoms with Gasteiger partial charge in [0.1, 0.15) is 6.04 Å². The van der Waals surface area contributed by atoms with Gasteiger partial charge in [0.2, 0.25) is 0 Å². The third-order valence-corrected chi connectivity index (χ3v) is 3.73. The Labute approximate surface area is 133 Å². The summed E-state index contributed by atoms with van der Waals surface area (Å²) < 4.78 is 0. The van der Waals surface area contributed by atoms with E-state index in [1.54, 1.807) is 18.2 Å². The van der Waals surface area contributed by atoms with E-state index in [9.17, 15) is 9.90 Å². The summed E-state index contributed by atoms with van der Waals surface area (Å²) >= 11 is 12.0. The summed E-state index contributed by atoms with van der Waals surface area (Å²) in [6, 6.07) is 14.0. The van der Waals surface area contributed by atoms with E-state index in [2.05, 4.69) is 5.32 Å². The molecule has 0 aliphatic carbocycles. The summed E-state index contributed by atoms with van der Waals surface area (Å²) in [4.78, 5) is 11.4. The number of halogens is 2. The molecule has 0 saturated heterocycles. The molecule has 1 atom stereocenters. The lowest BCUT2D eigenvalue weighted by Crippen LogP contribution is -2.38. The van der Waals surface area contributed by atoms with Gasteiger partial charge in [-0.25, -0.2) is 0 Å². The average Bonchev–Trinajstić information content (AvgIpc) is 2.47. The molecule has 0 spiro atoms. The first-order valence-electron chi connectivity index (χ1n) is 6.50. The Kier molecular flexibility index (Phi) is 5.62. The monoisotopic (exact) mass is 323 g/mol. The number of carboxylic acid groups (broad SMARTS) is 1. The summed E-state index contributed by atoms with van der Waals surface area (Å²) in [7, 11) is 0. The molecule has 0 bridgehead atoms. The van der Waals surface area contributed by atoms with Crippen LogP contribution in [0.15, 0.2) is 48.5 Å². The van der Waals surface area contributed by atoms with Gasteiger partial charge in [0.25, 0.3) is 0 Å². The topological polar surface area (TPSA) is 49.3 Å². The van der Waals surface area contributed by atoms with Crippen molar-refractivity contribution in [1.29, 1.82) is 0 Å².